The summed E-state index contributed by atoms with van der Waals surface area (Å²) in [6.45, 7) is -5.83. The molecule has 1 aromatic carbocycles. The second-order valence-corrected chi connectivity index (χ2v) is 3.95. The van der Waals surface area contributed by atoms with E-state index in [1.165, 1.54) is 4.90 Å². The van der Waals surface area contributed by atoms with Gasteiger partial charge in [-0.2, -0.15) is 5.10 Å². The molecule has 1 heterocycles. The van der Waals surface area contributed by atoms with Gasteiger partial charge in [-0.3, -0.25) is 4.68 Å². The van der Waals surface area contributed by atoms with Gasteiger partial charge in [-0.1, -0.05) is 30.2 Å². The number of hydrogen-bond donors (Lipinski definition) is 0. The summed E-state index contributed by atoms with van der Waals surface area (Å²) in [4.78, 5) is 1.43. The fourth-order valence-corrected chi connectivity index (χ4v) is 1.31. The van der Waals surface area contributed by atoms with Gasteiger partial charge >= 0.3 is 0 Å². The monoisotopic (exact) mass is 271 g/mol. The van der Waals surface area contributed by atoms with E-state index in [9.17, 15) is 0 Å². The summed E-state index contributed by atoms with van der Waals surface area (Å²) in [6.07, 6.45) is -2.68. The number of hydrogen-bond acceptors (Lipinski definition) is 3. The van der Waals surface area contributed by atoms with Crippen LogP contribution in [0, 0.1) is 0 Å². The second-order valence-electron chi connectivity index (χ2n) is 3.95. The highest BCUT2D eigenvalue weighted by Crippen LogP contribution is 2.25. The number of rotatable bonds is 6. The fourth-order valence-electron chi connectivity index (χ4n) is 1.31. The van der Waals surface area contributed by atoms with E-state index in [0.29, 0.717) is 4.68 Å². The van der Waals surface area contributed by atoms with Gasteiger partial charge in [0.1, 0.15) is 6.10 Å². The zero-order valence-electron chi connectivity index (χ0n) is 22.5. The van der Waals surface area contributed by atoms with Gasteiger partial charge in [0.2, 0.25) is 0 Å². The Balaban J connectivity index is 2.90. The van der Waals surface area contributed by atoms with Crippen molar-refractivity contribution in [1.29, 1.82) is 0 Å². The Hall–Kier alpha value is -1.65. The molecule has 0 saturated heterocycles. The van der Waals surface area contributed by atoms with Crippen LogP contribution in [-0.4, -0.2) is 41.9 Å². The molecule has 2 aromatic rings. The minimum atomic E-state index is -3.01. The molecule has 4 nitrogen and oxygen atoms in total. The van der Waals surface area contributed by atoms with Gasteiger partial charge in [0.25, 0.3) is 0 Å². The Morgan fingerprint density at radius 1 is 1.42 bits per heavy atom. The Kier molecular flexibility index (Phi) is 1.72. The summed E-state index contributed by atoms with van der Waals surface area (Å²) in [5.41, 5.74) is -1.18. The smallest absolute Gasteiger partial charge is 0.124 e. The molecule has 0 fully saturated rings. The van der Waals surface area contributed by atoms with Gasteiger partial charge in [-0.05, 0) is 25.7 Å². The Morgan fingerprint density at radius 2 is 2.21 bits per heavy atom. The molecule has 0 bridgehead atoms. The molecule has 0 spiro atoms. The highest BCUT2D eigenvalue weighted by atomic mass is 16.5. The van der Waals surface area contributed by atoms with Crippen LogP contribution in [0.5, 0.6) is 0 Å². The first kappa shape index (κ1) is 5.04. The van der Waals surface area contributed by atoms with Crippen LogP contribution in [-0.2, 0) is 11.7 Å². The lowest BCUT2D eigenvalue weighted by Gasteiger charge is -2.20. The molecular formula is C15H21N3O. The lowest BCUT2D eigenvalue weighted by molar-refractivity contribution is 0.0638. The van der Waals surface area contributed by atoms with Crippen molar-refractivity contribution in [3.05, 3.63) is 53.7 Å². The third-order valence-electron chi connectivity index (χ3n) is 2.17. The molecule has 1 unspecified atom stereocenters. The van der Waals surface area contributed by atoms with Crippen molar-refractivity contribution < 1.29 is 21.2 Å². The number of benzene rings is 1. The predicted molar refractivity (Wildman–Crippen MR) is 76.0 cm³/mol. The molecule has 0 aliphatic carbocycles. The molecule has 0 saturated carbocycles. The lowest BCUT2D eigenvalue weighted by atomic mass is 10.1. The van der Waals surface area contributed by atoms with Gasteiger partial charge in [0.05, 0.1) is 24.6 Å². The summed E-state index contributed by atoms with van der Waals surface area (Å²) in [5, 5.41) is 3.51. The normalized spacial score (nSPS) is 23.3. The van der Waals surface area contributed by atoms with Crippen LogP contribution in [0.25, 0.3) is 0 Å². The lowest BCUT2D eigenvalue weighted by Crippen LogP contribution is -2.20. The topological polar surface area (TPSA) is 30.3 Å². The summed E-state index contributed by atoms with van der Waals surface area (Å²) >= 11 is 0. The zero-order chi connectivity index (χ0) is 24.0. The first-order valence-corrected chi connectivity index (χ1v) is 5.45. The second kappa shape index (κ2) is 6.50. The number of aromatic nitrogens is 2. The van der Waals surface area contributed by atoms with Gasteiger partial charge in [0.15, 0.2) is 0 Å². The molecule has 1 aromatic heterocycles. The summed E-state index contributed by atoms with van der Waals surface area (Å²) in [6, 6.07) is -4.41. The van der Waals surface area contributed by atoms with Crippen LogP contribution in [0.2, 0.25) is 0 Å². The van der Waals surface area contributed by atoms with Crippen LogP contribution < -0.4 is 0 Å². The van der Waals surface area contributed by atoms with E-state index in [1.807, 2.05) is 0 Å². The van der Waals surface area contributed by atoms with E-state index in [2.05, 4.69) is 5.10 Å². The van der Waals surface area contributed by atoms with Crippen molar-refractivity contribution in [3.63, 3.8) is 0 Å². The SMILES string of the molecule is [2H]c1nn(C([2H])([2H])[2H])c(C(OC([2H])([2H])CN(C)C)c2c([2H])c([2H])c([2H])c([2H])c2[2H])c1[2H]. The molecule has 0 aliphatic rings. The third-order valence-corrected chi connectivity index (χ3v) is 2.17. The van der Waals surface area contributed by atoms with E-state index in [-0.39, 0.29) is 6.54 Å². The molecule has 102 valence electrons. The van der Waals surface area contributed by atoms with E-state index in [0.717, 1.165) is 0 Å². The van der Waals surface area contributed by atoms with Crippen molar-refractivity contribution in [2.24, 2.45) is 6.98 Å². The van der Waals surface area contributed by atoms with E-state index in [1.54, 1.807) is 14.1 Å². The van der Waals surface area contributed by atoms with Crippen LogP contribution in [0.1, 0.15) is 33.8 Å². The summed E-state index contributed by atoms with van der Waals surface area (Å²) in [5.74, 6) is 0. The molecule has 1 atom stereocenters. The van der Waals surface area contributed by atoms with Crippen LogP contribution >= 0.6 is 0 Å². The standard InChI is InChI=1S/C15H21N3O/c1-17(2)11-12-19-15(13-7-5-4-6-8-13)14-9-10-16-18(14)3/h4-10,15H,11-12H2,1-3H3/i3D3,4D,5D,6D,7D,8D,9D,10D,12D2. The van der Waals surface area contributed by atoms with Crippen molar-refractivity contribution in [2.75, 3.05) is 27.2 Å². The van der Waals surface area contributed by atoms with Crippen molar-refractivity contribution in [2.45, 2.75) is 6.10 Å². The van der Waals surface area contributed by atoms with E-state index in [4.69, 9.17) is 21.2 Å². The molecule has 4 heteroatoms. The van der Waals surface area contributed by atoms with Gasteiger partial charge in [-0.25, -0.2) is 0 Å². The molecule has 0 amide bonds. The highest BCUT2D eigenvalue weighted by Gasteiger charge is 2.17. The summed E-state index contributed by atoms with van der Waals surface area (Å²) < 4.78 is 101. The average molecular weight is 271 g/mol. The van der Waals surface area contributed by atoms with Crippen molar-refractivity contribution in [3.8, 4) is 0 Å². The molecule has 0 radical (unpaired) electrons. The minimum absolute atomic E-state index is 0.314. The van der Waals surface area contributed by atoms with Gasteiger partial charge in [0, 0.05) is 23.8 Å². The van der Waals surface area contributed by atoms with E-state index >= 15 is 0 Å². The number of likely N-dealkylation sites (N-methyl/N-ethyl adjacent to an activating group) is 1. The van der Waals surface area contributed by atoms with Gasteiger partial charge in [-0.15, -0.1) is 0 Å². The number of nitrogens with zero attached hydrogens (tertiary/aromatic N) is 3. The highest BCUT2D eigenvalue weighted by molar-refractivity contribution is 5.25. The number of ether oxygens (including phenoxy) is 1. The maximum absolute atomic E-state index is 8.20. The van der Waals surface area contributed by atoms with Gasteiger partial charge < -0.3 is 9.64 Å². The molecular weight excluding hydrogens is 238 g/mol. The number of aryl methyl sites for hydroxylation is 1. The predicted octanol–water partition coefficient (Wildman–Crippen LogP) is 2.09. The maximum Gasteiger partial charge on any atom is 0.124 e. The largest absolute Gasteiger partial charge is 0.366 e. The fraction of sp³-hybridized carbons (Fsp3) is 0.400. The van der Waals surface area contributed by atoms with Crippen LogP contribution in [0.3, 0.4) is 0 Å². The Labute approximate surface area is 131 Å². The molecule has 0 N–H and O–H groups in total. The maximum atomic E-state index is 8.20. The summed E-state index contributed by atoms with van der Waals surface area (Å²) in [7, 11) is 3.09. The van der Waals surface area contributed by atoms with Crippen LogP contribution in [0.4, 0.5) is 0 Å². The molecule has 2 rings (SSSR count). The molecule has 19 heavy (non-hydrogen) atoms. The quantitative estimate of drug-likeness (QED) is 0.806. The van der Waals surface area contributed by atoms with E-state index < -0.39 is 73.3 Å². The van der Waals surface area contributed by atoms with Crippen molar-refractivity contribution >= 4 is 0 Å². The van der Waals surface area contributed by atoms with Crippen LogP contribution in [0.15, 0.2) is 42.4 Å². The third kappa shape index (κ3) is 3.66. The first-order chi connectivity index (χ1) is 14.0. The molecule has 0 aliphatic heterocycles. The Bertz CT molecular complexity index is 956. The van der Waals surface area contributed by atoms with Crippen molar-refractivity contribution in [1.82, 2.24) is 14.7 Å². The minimum Gasteiger partial charge on any atom is -0.366 e. The average Bonchev–Trinajstić information content (AvgIpc) is 2.91. The first-order valence-electron chi connectivity index (χ1n) is 11.5. The Morgan fingerprint density at radius 3 is 2.89 bits per heavy atom. The zero-order valence-corrected chi connectivity index (χ0v) is 10.5.